The lowest BCUT2D eigenvalue weighted by atomic mass is 10.3. The van der Waals surface area contributed by atoms with Gasteiger partial charge in [0.1, 0.15) is 0 Å². The SMILES string of the molecule is COCCNS(=O)(=O)N(CCC#N)c1ccccc1. The molecule has 0 aliphatic heterocycles. The molecule has 7 heteroatoms. The molecule has 0 aliphatic carbocycles. The fourth-order valence-corrected chi connectivity index (χ4v) is 2.71. The third-order valence-electron chi connectivity index (χ3n) is 2.35. The van der Waals surface area contributed by atoms with Crippen molar-refractivity contribution in [3.63, 3.8) is 0 Å². The van der Waals surface area contributed by atoms with Gasteiger partial charge in [-0.25, -0.2) is 0 Å². The maximum absolute atomic E-state index is 12.2. The van der Waals surface area contributed by atoms with Gasteiger partial charge in [-0.05, 0) is 12.1 Å². The summed E-state index contributed by atoms with van der Waals surface area (Å²) in [5, 5.41) is 8.63. The van der Waals surface area contributed by atoms with Crippen LogP contribution < -0.4 is 9.03 Å². The summed E-state index contributed by atoms with van der Waals surface area (Å²) >= 11 is 0. The van der Waals surface area contributed by atoms with Crippen molar-refractivity contribution < 1.29 is 13.2 Å². The lowest BCUT2D eigenvalue weighted by Gasteiger charge is -2.23. The highest BCUT2D eigenvalue weighted by molar-refractivity contribution is 7.90. The Morgan fingerprint density at radius 1 is 1.37 bits per heavy atom. The van der Waals surface area contributed by atoms with Crippen LogP contribution in [0.5, 0.6) is 0 Å². The van der Waals surface area contributed by atoms with Gasteiger partial charge in [-0.3, -0.25) is 4.31 Å². The largest absolute Gasteiger partial charge is 0.383 e. The van der Waals surface area contributed by atoms with Gasteiger partial charge < -0.3 is 4.74 Å². The van der Waals surface area contributed by atoms with Crippen LogP contribution in [0.1, 0.15) is 6.42 Å². The highest BCUT2D eigenvalue weighted by Gasteiger charge is 2.21. The van der Waals surface area contributed by atoms with Gasteiger partial charge in [-0.2, -0.15) is 18.4 Å². The standard InChI is InChI=1S/C12H17N3O3S/c1-18-11-9-14-19(16,17)15(10-5-8-13)12-6-3-2-4-7-12/h2-4,6-7,14H,5,9-11H2,1H3. The number of para-hydroxylation sites is 1. The van der Waals surface area contributed by atoms with E-state index in [1.807, 2.05) is 6.07 Å². The molecule has 6 nitrogen and oxygen atoms in total. The first-order chi connectivity index (χ1) is 9.11. The van der Waals surface area contributed by atoms with Gasteiger partial charge in [0.25, 0.3) is 0 Å². The van der Waals surface area contributed by atoms with Crippen molar-refractivity contribution in [3.8, 4) is 6.07 Å². The van der Waals surface area contributed by atoms with Crippen molar-refractivity contribution in [1.82, 2.24) is 4.72 Å². The summed E-state index contributed by atoms with van der Waals surface area (Å²) in [6, 6.07) is 10.6. The predicted octanol–water partition coefficient (Wildman–Crippen LogP) is 0.887. The van der Waals surface area contributed by atoms with E-state index in [-0.39, 0.29) is 19.5 Å². The zero-order valence-corrected chi connectivity index (χ0v) is 11.6. The van der Waals surface area contributed by atoms with Crippen LogP contribution >= 0.6 is 0 Å². The molecule has 0 atom stereocenters. The quantitative estimate of drug-likeness (QED) is 0.718. The van der Waals surface area contributed by atoms with E-state index in [0.29, 0.717) is 12.3 Å². The number of rotatable bonds is 8. The smallest absolute Gasteiger partial charge is 0.301 e. The number of nitriles is 1. The molecular formula is C12H17N3O3S. The normalized spacial score (nSPS) is 10.9. The van der Waals surface area contributed by atoms with E-state index in [1.165, 1.54) is 11.4 Å². The molecule has 0 aliphatic rings. The third kappa shape index (κ3) is 4.87. The Hall–Kier alpha value is -1.62. The lowest BCUT2D eigenvalue weighted by molar-refractivity contribution is 0.204. The molecule has 1 rings (SSSR count). The Morgan fingerprint density at radius 2 is 2.05 bits per heavy atom. The average molecular weight is 283 g/mol. The highest BCUT2D eigenvalue weighted by Crippen LogP contribution is 2.16. The molecule has 19 heavy (non-hydrogen) atoms. The van der Waals surface area contributed by atoms with E-state index in [2.05, 4.69) is 4.72 Å². The van der Waals surface area contributed by atoms with Crippen molar-refractivity contribution in [2.45, 2.75) is 6.42 Å². The van der Waals surface area contributed by atoms with Gasteiger partial charge in [0.05, 0.1) is 24.8 Å². The Kier molecular flexibility index (Phi) is 6.29. The fourth-order valence-electron chi connectivity index (χ4n) is 1.48. The van der Waals surface area contributed by atoms with E-state index in [0.717, 1.165) is 0 Å². The molecular weight excluding hydrogens is 266 g/mol. The monoisotopic (exact) mass is 283 g/mol. The van der Waals surface area contributed by atoms with Gasteiger partial charge >= 0.3 is 10.2 Å². The molecule has 0 saturated carbocycles. The number of methoxy groups -OCH3 is 1. The second-order valence-electron chi connectivity index (χ2n) is 3.71. The van der Waals surface area contributed by atoms with Crippen LogP contribution in [-0.4, -0.2) is 35.2 Å². The molecule has 0 bridgehead atoms. The van der Waals surface area contributed by atoms with Crippen molar-refractivity contribution >= 4 is 15.9 Å². The third-order valence-corrected chi connectivity index (χ3v) is 3.89. The Bertz CT molecular complexity index is 511. The fraction of sp³-hybridized carbons (Fsp3) is 0.417. The van der Waals surface area contributed by atoms with Gasteiger partial charge in [0.2, 0.25) is 0 Å². The summed E-state index contributed by atoms with van der Waals surface area (Å²) in [6.07, 6.45) is 0.125. The first-order valence-electron chi connectivity index (χ1n) is 5.80. The first-order valence-corrected chi connectivity index (χ1v) is 7.24. The van der Waals surface area contributed by atoms with Crippen LogP contribution in [0.4, 0.5) is 5.69 Å². The van der Waals surface area contributed by atoms with Crippen LogP contribution in [0.2, 0.25) is 0 Å². The van der Waals surface area contributed by atoms with Crippen LogP contribution in [0.15, 0.2) is 30.3 Å². The number of hydrogen-bond acceptors (Lipinski definition) is 4. The van der Waals surface area contributed by atoms with Gasteiger partial charge in [0, 0.05) is 20.2 Å². The molecule has 0 saturated heterocycles. The molecule has 0 heterocycles. The molecule has 0 radical (unpaired) electrons. The highest BCUT2D eigenvalue weighted by atomic mass is 32.2. The molecule has 1 aromatic carbocycles. The van der Waals surface area contributed by atoms with Crippen molar-refractivity contribution in [2.75, 3.05) is 31.1 Å². The summed E-state index contributed by atoms with van der Waals surface area (Å²) < 4.78 is 32.7. The van der Waals surface area contributed by atoms with Gasteiger partial charge in [0.15, 0.2) is 0 Å². The second kappa shape index (κ2) is 7.74. The Labute approximate surface area is 113 Å². The van der Waals surface area contributed by atoms with Gasteiger partial charge in [-0.1, -0.05) is 18.2 Å². The molecule has 1 aromatic rings. The minimum absolute atomic E-state index is 0.114. The summed E-state index contributed by atoms with van der Waals surface area (Å²) in [5.41, 5.74) is 0.530. The summed E-state index contributed by atoms with van der Waals surface area (Å²) in [5.74, 6) is 0. The Morgan fingerprint density at radius 3 is 2.63 bits per heavy atom. The van der Waals surface area contributed by atoms with Crippen molar-refractivity contribution in [2.24, 2.45) is 0 Å². The molecule has 104 valence electrons. The van der Waals surface area contributed by atoms with Crippen molar-refractivity contribution in [3.05, 3.63) is 30.3 Å². The van der Waals surface area contributed by atoms with Crippen LogP contribution in [-0.2, 0) is 14.9 Å². The maximum Gasteiger partial charge on any atom is 0.301 e. The number of hydrogen-bond donors (Lipinski definition) is 1. The zero-order chi connectivity index (χ0) is 14.1. The minimum Gasteiger partial charge on any atom is -0.383 e. The zero-order valence-electron chi connectivity index (χ0n) is 10.7. The van der Waals surface area contributed by atoms with Crippen LogP contribution in [0.25, 0.3) is 0 Å². The topological polar surface area (TPSA) is 82.4 Å². The molecule has 0 aromatic heterocycles. The average Bonchev–Trinajstić information content (AvgIpc) is 2.40. The number of anilines is 1. The van der Waals surface area contributed by atoms with Crippen molar-refractivity contribution in [1.29, 1.82) is 5.26 Å². The second-order valence-corrected chi connectivity index (χ2v) is 5.39. The first kappa shape index (κ1) is 15.4. The number of ether oxygens (including phenoxy) is 1. The predicted molar refractivity (Wildman–Crippen MR) is 72.8 cm³/mol. The van der Waals surface area contributed by atoms with E-state index < -0.39 is 10.2 Å². The minimum atomic E-state index is -3.67. The molecule has 0 unspecified atom stereocenters. The number of nitrogens with zero attached hydrogens (tertiary/aromatic N) is 2. The molecule has 0 spiro atoms. The summed E-state index contributed by atoms with van der Waals surface area (Å²) in [4.78, 5) is 0. The van der Waals surface area contributed by atoms with E-state index in [1.54, 1.807) is 30.3 Å². The Balaban J connectivity index is 2.88. The summed E-state index contributed by atoms with van der Waals surface area (Å²) in [7, 11) is -2.17. The molecule has 0 amide bonds. The van der Waals surface area contributed by atoms with Crippen LogP contribution in [0.3, 0.4) is 0 Å². The number of nitrogens with one attached hydrogen (secondary N) is 1. The van der Waals surface area contributed by atoms with E-state index >= 15 is 0 Å². The number of benzene rings is 1. The van der Waals surface area contributed by atoms with E-state index in [9.17, 15) is 8.42 Å². The van der Waals surface area contributed by atoms with Gasteiger partial charge in [-0.15, -0.1) is 0 Å². The maximum atomic E-state index is 12.2. The van der Waals surface area contributed by atoms with Crippen LogP contribution in [0, 0.1) is 11.3 Å². The molecule has 0 fully saturated rings. The lowest BCUT2D eigenvalue weighted by Crippen LogP contribution is -2.42. The molecule has 1 N–H and O–H groups in total. The summed E-state index contributed by atoms with van der Waals surface area (Å²) in [6.45, 7) is 0.595. The van der Waals surface area contributed by atoms with E-state index in [4.69, 9.17) is 10.00 Å².